The summed E-state index contributed by atoms with van der Waals surface area (Å²) in [6, 6.07) is 0. The second-order valence-corrected chi connectivity index (χ2v) is 18.5. The third-order valence-electron chi connectivity index (χ3n) is 15.8. The van der Waals surface area contributed by atoms with Crippen molar-refractivity contribution < 1.29 is 54.8 Å². The summed E-state index contributed by atoms with van der Waals surface area (Å²) in [5, 5.41) is 76.0. The highest BCUT2D eigenvalue weighted by atomic mass is 16.7. The van der Waals surface area contributed by atoms with Crippen molar-refractivity contribution in [3.63, 3.8) is 0 Å². The quantitative estimate of drug-likeness (QED) is 0.123. The Balaban J connectivity index is 1.32. The number of carbonyl (C=O) groups is 1. The molecule has 0 spiro atoms. The minimum Gasteiger partial charge on any atom is -0.465 e. The van der Waals surface area contributed by atoms with Crippen LogP contribution in [-0.2, 0) is 19.0 Å². The molecule has 0 aromatic heterocycles. The molecule has 1 saturated heterocycles. The van der Waals surface area contributed by atoms with Gasteiger partial charge in [0.05, 0.1) is 38.1 Å². The van der Waals surface area contributed by atoms with E-state index in [9.17, 15) is 40.5 Å². The number of hydrogen-bond acceptors (Lipinski definition) is 11. The van der Waals surface area contributed by atoms with Crippen LogP contribution >= 0.6 is 0 Å². The van der Waals surface area contributed by atoms with E-state index in [1.807, 2.05) is 0 Å². The van der Waals surface area contributed by atoms with Crippen molar-refractivity contribution in [2.45, 2.75) is 149 Å². The summed E-state index contributed by atoms with van der Waals surface area (Å²) in [6.45, 7) is 14.2. The molecule has 49 heavy (non-hydrogen) atoms. The Morgan fingerprint density at radius 3 is 2.20 bits per heavy atom. The van der Waals surface area contributed by atoms with Gasteiger partial charge in [0.2, 0.25) is 0 Å². The lowest BCUT2D eigenvalue weighted by Gasteiger charge is -2.72. The number of fused-ring (bicyclic) bond motifs is 7. The fraction of sp³-hybridized carbons (Fsp3) is 0.921. The molecule has 0 radical (unpaired) electrons. The lowest BCUT2D eigenvalue weighted by Crippen LogP contribution is -2.68. The summed E-state index contributed by atoms with van der Waals surface area (Å²) in [5.74, 6) is -0.0106. The van der Waals surface area contributed by atoms with Crippen LogP contribution in [0.2, 0.25) is 0 Å². The van der Waals surface area contributed by atoms with Crippen LogP contribution in [-0.4, -0.2) is 111 Å². The van der Waals surface area contributed by atoms with Crippen molar-refractivity contribution in [2.75, 3.05) is 19.8 Å². The Kier molecular flexibility index (Phi) is 9.57. The van der Waals surface area contributed by atoms with Gasteiger partial charge >= 0.3 is 5.97 Å². The van der Waals surface area contributed by atoms with Gasteiger partial charge in [-0.15, -0.1) is 0 Å². The van der Waals surface area contributed by atoms with E-state index < -0.39 is 71.9 Å². The number of esters is 1. The summed E-state index contributed by atoms with van der Waals surface area (Å²) in [7, 11) is 0. The number of carbonyl (C=O) groups excluding carboxylic acids is 1. The Morgan fingerprint density at radius 2 is 1.57 bits per heavy atom. The number of aliphatic hydroxyl groups excluding tert-OH is 7. The van der Waals surface area contributed by atoms with E-state index in [1.54, 1.807) is 0 Å². The van der Waals surface area contributed by atoms with Crippen molar-refractivity contribution in [1.29, 1.82) is 0 Å². The molecule has 0 aromatic carbocycles. The fourth-order valence-corrected chi connectivity index (χ4v) is 12.5. The molecule has 4 saturated carbocycles. The molecule has 0 aromatic rings. The number of hydrogen-bond donors (Lipinski definition) is 7. The molecule has 5 fully saturated rings. The molecule has 1 heterocycles. The maximum Gasteiger partial charge on any atom is 0.302 e. The molecule has 16 atom stereocenters. The zero-order valence-electron chi connectivity index (χ0n) is 30.5. The van der Waals surface area contributed by atoms with E-state index in [2.05, 4.69) is 47.6 Å². The van der Waals surface area contributed by atoms with E-state index in [0.717, 1.165) is 25.7 Å². The highest BCUT2D eigenvalue weighted by Gasteiger charge is 2.71. The van der Waals surface area contributed by atoms with Crippen molar-refractivity contribution >= 4 is 5.97 Å². The third kappa shape index (κ3) is 5.34. The Bertz CT molecular complexity index is 1300. The first-order chi connectivity index (χ1) is 22.8. The predicted molar refractivity (Wildman–Crippen MR) is 179 cm³/mol. The van der Waals surface area contributed by atoms with Gasteiger partial charge in [0.25, 0.3) is 0 Å². The molecular weight excluding hydrogens is 632 g/mol. The number of rotatable bonds is 6. The fourth-order valence-electron chi connectivity index (χ4n) is 12.5. The largest absolute Gasteiger partial charge is 0.465 e. The molecule has 6 rings (SSSR count). The van der Waals surface area contributed by atoms with Gasteiger partial charge in [-0.1, -0.05) is 53.2 Å². The first kappa shape index (κ1) is 37.6. The van der Waals surface area contributed by atoms with Gasteiger partial charge in [0.15, 0.2) is 6.29 Å². The molecule has 11 nitrogen and oxygen atoms in total. The zero-order chi connectivity index (χ0) is 36.1. The van der Waals surface area contributed by atoms with Crippen LogP contribution in [0.1, 0.15) is 99.8 Å². The second-order valence-electron chi connectivity index (χ2n) is 18.5. The smallest absolute Gasteiger partial charge is 0.302 e. The molecule has 5 aliphatic carbocycles. The van der Waals surface area contributed by atoms with Gasteiger partial charge in [-0.2, -0.15) is 0 Å². The number of ether oxygens (including phenoxy) is 3. The predicted octanol–water partition coefficient (Wildman–Crippen LogP) is 2.45. The van der Waals surface area contributed by atoms with Gasteiger partial charge in [0, 0.05) is 17.8 Å². The lowest BCUT2D eigenvalue weighted by molar-refractivity contribution is -0.329. The summed E-state index contributed by atoms with van der Waals surface area (Å²) in [4.78, 5) is 11.9. The van der Waals surface area contributed by atoms with E-state index >= 15 is 0 Å². The van der Waals surface area contributed by atoms with Crippen LogP contribution in [0.3, 0.4) is 0 Å². The summed E-state index contributed by atoms with van der Waals surface area (Å²) < 4.78 is 17.7. The van der Waals surface area contributed by atoms with Gasteiger partial charge in [-0.25, -0.2) is 0 Å². The average Bonchev–Trinajstić information content (AvgIpc) is 3.03. The van der Waals surface area contributed by atoms with Crippen LogP contribution in [0, 0.1) is 50.2 Å². The topological polar surface area (TPSA) is 186 Å². The highest BCUT2D eigenvalue weighted by Crippen LogP contribution is 2.75. The van der Waals surface area contributed by atoms with Crippen molar-refractivity contribution in [1.82, 2.24) is 0 Å². The molecule has 7 N–H and O–H groups in total. The number of allylic oxidation sites excluding steroid dienone is 2. The molecule has 11 heteroatoms. The standard InChI is InChI=1S/C38H62O11/c1-20(41)47-19-35(5)24-10-13-36(6)25(34(24,4)12-11-26(35)42)9-8-21-22-14-33(2,3)28(16-38(22,18-40)27(43)15-37(21,36)7)49-32-31(46)30(45)29(44)23(17-39)48-32/h8,22-32,39-40,42-46H,9-19H2,1-7H3/t22-,23+,24+,25+,26-,27-,28-,29+,30-,31+,32-,34-,35-,36+,37+,38+/m0/s1. The minimum absolute atomic E-state index is 0.112. The Labute approximate surface area is 291 Å². The van der Waals surface area contributed by atoms with Gasteiger partial charge < -0.3 is 50.0 Å². The molecule has 0 amide bonds. The van der Waals surface area contributed by atoms with Gasteiger partial charge in [0.1, 0.15) is 24.4 Å². The van der Waals surface area contributed by atoms with Crippen LogP contribution in [0.15, 0.2) is 11.6 Å². The zero-order valence-corrected chi connectivity index (χ0v) is 30.5. The second kappa shape index (κ2) is 12.5. The van der Waals surface area contributed by atoms with Gasteiger partial charge in [-0.3, -0.25) is 4.79 Å². The molecule has 0 bridgehead atoms. The van der Waals surface area contributed by atoms with E-state index in [0.29, 0.717) is 25.7 Å². The Hall–Kier alpha value is -1.15. The lowest BCUT2D eigenvalue weighted by atomic mass is 9.33. The highest BCUT2D eigenvalue weighted by molar-refractivity contribution is 5.65. The van der Waals surface area contributed by atoms with Crippen molar-refractivity contribution in [2.24, 2.45) is 50.2 Å². The maximum absolute atomic E-state index is 12.3. The Morgan fingerprint density at radius 1 is 0.878 bits per heavy atom. The summed E-state index contributed by atoms with van der Waals surface area (Å²) >= 11 is 0. The van der Waals surface area contributed by atoms with E-state index in [1.165, 1.54) is 12.5 Å². The van der Waals surface area contributed by atoms with Crippen molar-refractivity contribution in [3.8, 4) is 0 Å². The first-order valence-corrected chi connectivity index (χ1v) is 18.5. The van der Waals surface area contributed by atoms with E-state index in [-0.39, 0.29) is 53.2 Å². The minimum atomic E-state index is -1.56. The van der Waals surface area contributed by atoms with Crippen LogP contribution in [0.5, 0.6) is 0 Å². The number of aliphatic hydroxyl groups is 7. The van der Waals surface area contributed by atoms with Crippen LogP contribution in [0.25, 0.3) is 0 Å². The molecule has 6 aliphatic rings. The average molecular weight is 695 g/mol. The van der Waals surface area contributed by atoms with Gasteiger partial charge in [-0.05, 0) is 90.8 Å². The first-order valence-electron chi connectivity index (χ1n) is 18.5. The maximum atomic E-state index is 12.3. The molecule has 0 unspecified atom stereocenters. The van der Waals surface area contributed by atoms with Crippen LogP contribution in [0.4, 0.5) is 0 Å². The summed E-state index contributed by atoms with van der Waals surface area (Å²) in [6.07, 6.45) is -0.986. The third-order valence-corrected chi connectivity index (χ3v) is 15.8. The monoisotopic (exact) mass is 694 g/mol. The van der Waals surface area contributed by atoms with Crippen LogP contribution < -0.4 is 0 Å². The summed E-state index contributed by atoms with van der Waals surface area (Å²) in [5.41, 5.74) is -1.27. The molecule has 280 valence electrons. The normalized spacial score (nSPS) is 53.7. The van der Waals surface area contributed by atoms with Crippen molar-refractivity contribution in [3.05, 3.63) is 11.6 Å². The van der Waals surface area contributed by atoms with E-state index in [4.69, 9.17) is 14.2 Å². The molecule has 1 aliphatic heterocycles. The SMILES string of the molecule is CC(=O)OC[C@@]1(C)[C@@H]2CC[C@]3(C)[C@H](CC=C4[C@@H]5CC(C)(C)[C@@H](O[C@@H]6O[C@H](CO)[C@@H](O)[C@H](O)[C@H]6O)C[C@]5(CO)[C@@H](O)C[C@]43C)[C@@]2(C)CC[C@@H]1O. The molecular formula is C38H62O11.